The first-order chi connectivity index (χ1) is 10.6. The fourth-order valence-corrected chi connectivity index (χ4v) is 3.10. The first-order valence-electron chi connectivity index (χ1n) is 7.20. The zero-order valence-corrected chi connectivity index (χ0v) is 13.7. The minimum Gasteiger partial charge on any atom is -0.340 e. The third kappa shape index (κ3) is 4.12. The molecule has 0 radical (unpaired) electrons. The minimum atomic E-state index is -0.132. The van der Waals surface area contributed by atoms with Gasteiger partial charge in [-0.25, -0.2) is 4.39 Å². The van der Waals surface area contributed by atoms with Crippen LogP contribution in [0.2, 0.25) is 0 Å². The molecule has 0 amide bonds. The Morgan fingerprint density at radius 1 is 1.32 bits per heavy atom. The van der Waals surface area contributed by atoms with Crippen molar-refractivity contribution in [2.45, 2.75) is 19.2 Å². The van der Waals surface area contributed by atoms with Crippen LogP contribution >= 0.6 is 11.8 Å². The minimum absolute atomic E-state index is 0.132. The zero-order chi connectivity index (χ0) is 15.9. The van der Waals surface area contributed by atoms with Crippen molar-refractivity contribution in [3.05, 3.63) is 58.7 Å². The molecule has 0 atom stereocenters. The van der Waals surface area contributed by atoms with Gasteiger partial charge in [-0.1, -0.05) is 18.2 Å². The number of halogens is 1. The Bertz CT molecular complexity index is 673. The molecular formula is C17H20FN3S. The largest absolute Gasteiger partial charge is 0.340 e. The third-order valence-corrected chi connectivity index (χ3v) is 4.72. The summed E-state index contributed by atoms with van der Waals surface area (Å²) in [5.41, 5.74) is 3.70. The van der Waals surface area contributed by atoms with E-state index in [2.05, 4.69) is 11.4 Å². The van der Waals surface area contributed by atoms with E-state index in [4.69, 9.17) is 5.26 Å². The summed E-state index contributed by atoms with van der Waals surface area (Å²) in [5, 5.41) is 12.4. The maximum Gasteiger partial charge on any atom is 0.127 e. The number of nitrogens with one attached hydrogen (secondary N) is 1. The van der Waals surface area contributed by atoms with Gasteiger partial charge >= 0.3 is 0 Å². The van der Waals surface area contributed by atoms with Gasteiger partial charge in [0.25, 0.3) is 0 Å². The van der Waals surface area contributed by atoms with Crippen LogP contribution in [-0.2, 0) is 19.3 Å². The molecule has 0 aliphatic rings. The smallest absolute Gasteiger partial charge is 0.127 e. The van der Waals surface area contributed by atoms with Gasteiger partial charge < -0.3 is 9.88 Å². The first kappa shape index (κ1) is 16.6. The fraction of sp³-hybridized carbons (Fsp3) is 0.353. The molecule has 0 bridgehead atoms. The summed E-state index contributed by atoms with van der Waals surface area (Å²) in [6.45, 7) is 3.63. The molecule has 1 N–H and O–H groups in total. The van der Waals surface area contributed by atoms with E-state index in [1.165, 1.54) is 6.07 Å². The predicted molar refractivity (Wildman–Crippen MR) is 89.1 cm³/mol. The van der Waals surface area contributed by atoms with Gasteiger partial charge in [0.2, 0.25) is 0 Å². The lowest BCUT2D eigenvalue weighted by Crippen LogP contribution is -2.17. The van der Waals surface area contributed by atoms with Gasteiger partial charge in [0.1, 0.15) is 17.6 Å². The molecule has 0 saturated heterocycles. The van der Waals surface area contributed by atoms with Crippen molar-refractivity contribution < 1.29 is 4.39 Å². The molecule has 5 heteroatoms. The first-order valence-corrected chi connectivity index (χ1v) is 8.36. The number of nitrogens with zero attached hydrogens (tertiary/aromatic N) is 2. The summed E-state index contributed by atoms with van der Waals surface area (Å²) in [4.78, 5) is 0. The van der Waals surface area contributed by atoms with Crippen molar-refractivity contribution >= 4 is 11.8 Å². The third-order valence-electron chi connectivity index (χ3n) is 3.71. The van der Waals surface area contributed by atoms with E-state index in [-0.39, 0.29) is 5.82 Å². The number of hydrogen-bond donors (Lipinski definition) is 1. The molecule has 0 aliphatic carbocycles. The number of nitriles is 1. The topological polar surface area (TPSA) is 40.8 Å². The summed E-state index contributed by atoms with van der Waals surface area (Å²) in [6.07, 6.45) is 0. The average molecular weight is 317 g/mol. The number of thioether (sulfide) groups is 1. The number of aromatic nitrogens is 1. The Hall–Kier alpha value is -1.77. The maximum absolute atomic E-state index is 13.4. The molecule has 0 spiro atoms. The fourth-order valence-electron chi connectivity index (χ4n) is 2.21. The molecule has 2 rings (SSSR count). The van der Waals surface area contributed by atoms with Crippen molar-refractivity contribution in [1.82, 2.24) is 9.88 Å². The van der Waals surface area contributed by atoms with Gasteiger partial charge in [-0.15, -0.1) is 0 Å². The number of rotatable bonds is 7. The van der Waals surface area contributed by atoms with E-state index in [1.807, 2.05) is 36.7 Å². The van der Waals surface area contributed by atoms with E-state index < -0.39 is 0 Å². The molecule has 0 unspecified atom stereocenters. The molecule has 116 valence electrons. The quantitative estimate of drug-likeness (QED) is 0.796. The second kappa shape index (κ2) is 8.02. The summed E-state index contributed by atoms with van der Waals surface area (Å²) in [5.74, 6) is 1.48. The van der Waals surface area contributed by atoms with Gasteiger partial charge in [-0.05, 0) is 30.2 Å². The summed E-state index contributed by atoms with van der Waals surface area (Å²) >= 11 is 1.71. The van der Waals surface area contributed by atoms with Crippen molar-refractivity contribution in [3.8, 4) is 6.07 Å². The van der Waals surface area contributed by atoms with Gasteiger partial charge in [0.05, 0.1) is 0 Å². The standard InChI is InChI=1S/C17H20FN3S/c1-13-15(9-16(10-19)21(13)2)11-20-7-8-22-12-14-5-3-4-6-17(14)18/h3-6,9,20H,7-8,11-12H2,1-2H3. The highest BCUT2D eigenvalue weighted by molar-refractivity contribution is 7.98. The summed E-state index contributed by atoms with van der Waals surface area (Å²) < 4.78 is 15.4. The Labute approximate surface area is 135 Å². The molecule has 2 aromatic rings. The van der Waals surface area contributed by atoms with E-state index in [1.54, 1.807) is 17.8 Å². The molecule has 0 saturated carbocycles. The van der Waals surface area contributed by atoms with E-state index >= 15 is 0 Å². The average Bonchev–Trinajstić information content (AvgIpc) is 2.80. The van der Waals surface area contributed by atoms with Crippen molar-refractivity contribution in [2.75, 3.05) is 12.3 Å². The van der Waals surface area contributed by atoms with Crippen molar-refractivity contribution in [1.29, 1.82) is 5.26 Å². The Balaban J connectivity index is 1.70. The predicted octanol–water partition coefficient (Wildman–Crippen LogP) is 3.37. The Morgan fingerprint density at radius 2 is 2.09 bits per heavy atom. The van der Waals surface area contributed by atoms with E-state index in [0.29, 0.717) is 11.4 Å². The van der Waals surface area contributed by atoms with Gasteiger partial charge in [-0.2, -0.15) is 17.0 Å². The zero-order valence-electron chi connectivity index (χ0n) is 12.9. The van der Waals surface area contributed by atoms with Gasteiger partial charge in [0, 0.05) is 37.3 Å². The van der Waals surface area contributed by atoms with Crippen molar-refractivity contribution in [3.63, 3.8) is 0 Å². The Morgan fingerprint density at radius 3 is 2.77 bits per heavy atom. The molecular weight excluding hydrogens is 297 g/mol. The lowest BCUT2D eigenvalue weighted by atomic mass is 10.2. The maximum atomic E-state index is 13.4. The van der Waals surface area contributed by atoms with Crippen LogP contribution in [0.25, 0.3) is 0 Å². The summed E-state index contributed by atoms with van der Waals surface area (Å²) in [7, 11) is 1.90. The molecule has 1 aromatic carbocycles. The van der Waals surface area contributed by atoms with Crippen LogP contribution in [0.1, 0.15) is 22.5 Å². The molecule has 3 nitrogen and oxygen atoms in total. The number of hydrogen-bond acceptors (Lipinski definition) is 3. The molecule has 22 heavy (non-hydrogen) atoms. The molecule has 0 fully saturated rings. The summed E-state index contributed by atoms with van der Waals surface area (Å²) in [6, 6.07) is 11.0. The monoisotopic (exact) mass is 317 g/mol. The van der Waals surface area contributed by atoms with Gasteiger partial charge in [-0.3, -0.25) is 0 Å². The van der Waals surface area contributed by atoms with Crippen LogP contribution in [-0.4, -0.2) is 16.9 Å². The van der Waals surface area contributed by atoms with Crippen LogP contribution in [0, 0.1) is 24.1 Å². The highest BCUT2D eigenvalue weighted by Gasteiger charge is 2.07. The lowest BCUT2D eigenvalue weighted by Gasteiger charge is -2.06. The van der Waals surface area contributed by atoms with Crippen LogP contribution < -0.4 is 5.32 Å². The van der Waals surface area contributed by atoms with Crippen LogP contribution in [0.3, 0.4) is 0 Å². The van der Waals surface area contributed by atoms with Gasteiger partial charge in [0.15, 0.2) is 0 Å². The van der Waals surface area contributed by atoms with Crippen LogP contribution in [0.5, 0.6) is 0 Å². The SMILES string of the molecule is Cc1c(CNCCSCc2ccccc2F)cc(C#N)n1C. The molecule has 1 heterocycles. The van der Waals surface area contributed by atoms with Crippen LogP contribution in [0.4, 0.5) is 4.39 Å². The van der Waals surface area contributed by atoms with Crippen molar-refractivity contribution in [2.24, 2.45) is 7.05 Å². The van der Waals surface area contributed by atoms with E-state index in [9.17, 15) is 4.39 Å². The number of benzene rings is 1. The highest BCUT2D eigenvalue weighted by Crippen LogP contribution is 2.15. The Kier molecular flexibility index (Phi) is 6.05. The van der Waals surface area contributed by atoms with E-state index in [0.717, 1.165) is 35.7 Å². The second-order valence-corrected chi connectivity index (χ2v) is 6.24. The lowest BCUT2D eigenvalue weighted by molar-refractivity contribution is 0.617. The molecule has 1 aromatic heterocycles. The second-order valence-electron chi connectivity index (χ2n) is 5.13. The normalized spacial score (nSPS) is 10.6. The van der Waals surface area contributed by atoms with Crippen LogP contribution in [0.15, 0.2) is 30.3 Å². The molecule has 0 aliphatic heterocycles. The highest BCUT2D eigenvalue weighted by atomic mass is 32.2.